The molecule has 0 atom stereocenters. The summed E-state index contributed by atoms with van der Waals surface area (Å²) in [4.78, 5) is 10.4. The Kier molecular flexibility index (Phi) is 5.09. The summed E-state index contributed by atoms with van der Waals surface area (Å²) >= 11 is 9.36. The van der Waals surface area contributed by atoms with Gasteiger partial charge >= 0.3 is 5.97 Å². The Morgan fingerprint density at radius 1 is 1.56 bits per heavy atom. The van der Waals surface area contributed by atoms with Gasteiger partial charge in [0.1, 0.15) is 0 Å². The fourth-order valence-electron chi connectivity index (χ4n) is 1.40. The van der Waals surface area contributed by atoms with Crippen molar-refractivity contribution in [1.82, 2.24) is 0 Å². The average Bonchev–Trinajstić information content (AvgIpc) is 2.16. The molecule has 0 amide bonds. The van der Waals surface area contributed by atoms with Crippen LogP contribution in [0.15, 0.2) is 16.6 Å². The number of rotatable bonds is 5. The molecule has 0 aliphatic carbocycles. The monoisotopic (exact) mass is 306 g/mol. The van der Waals surface area contributed by atoms with Gasteiger partial charge < -0.3 is 9.84 Å². The second-order valence-electron chi connectivity index (χ2n) is 3.34. The summed E-state index contributed by atoms with van der Waals surface area (Å²) in [6, 6.07) is 3.69. The molecule has 1 aromatic carbocycles. The fraction of sp³-hybridized carbons (Fsp3) is 0.364. The molecule has 88 valence electrons. The van der Waals surface area contributed by atoms with Gasteiger partial charge in [-0.1, -0.05) is 11.6 Å². The van der Waals surface area contributed by atoms with E-state index in [2.05, 4.69) is 15.9 Å². The van der Waals surface area contributed by atoms with E-state index in [9.17, 15) is 4.79 Å². The SMILES string of the molecule is COc1c(Cl)cc(CCCC(=O)O)cc1Br. The summed E-state index contributed by atoms with van der Waals surface area (Å²) in [5, 5.41) is 9.06. The molecule has 0 radical (unpaired) electrons. The van der Waals surface area contributed by atoms with Crippen LogP contribution in [0.5, 0.6) is 5.75 Å². The Labute approximate surface area is 107 Å². The highest BCUT2D eigenvalue weighted by Crippen LogP contribution is 2.34. The molecule has 0 aromatic heterocycles. The predicted octanol–water partition coefficient (Wildman–Crippen LogP) is 3.52. The Bertz CT molecular complexity index is 370. The van der Waals surface area contributed by atoms with Gasteiger partial charge in [-0.3, -0.25) is 4.79 Å². The molecule has 0 heterocycles. The summed E-state index contributed by atoms with van der Waals surface area (Å²) in [6.45, 7) is 0. The predicted molar refractivity (Wildman–Crippen MR) is 66.3 cm³/mol. The Morgan fingerprint density at radius 3 is 2.75 bits per heavy atom. The minimum Gasteiger partial charge on any atom is -0.494 e. The maximum Gasteiger partial charge on any atom is 0.303 e. The lowest BCUT2D eigenvalue weighted by Crippen LogP contribution is -1.96. The maximum atomic E-state index is 10.4. The summed E-state index contributed by atoms with van der Waals surface area (Å²) in [5.74, 6) is -0.178. The van der Waals surface area contributed by atoms with Gasteiger partial charge in [-0.2, -0.15) is 0 Å². The fourth-order valence-corrected chi connectivity index (χ4v) is 2.50. The molecular formula is C11H12BrClO3. The number of carboxylic acids is 1. The maximum absolute atomic E-state index is 10.4. The van der Waals surface area contributed by atoms with Gasteiger partial charge in [0, 0.05) is 6.42 Å². The van der Waals surface area contributed by atoms with Crippen LogP contribution >= 0.6 is 27.5 Å². The highest BCUT2D eigenvalue weighted by atomic mass is 79.9. The van der Waals surface area contributed by atoms with Gasteiger partial charge in [-0.15, -0.1) is 0 Å². The molecule has 0 aliphatic rings. The number of carbonyl (C=O) groups is 1. The molecule has 5 heteroatoms. The van der Waals surface area contributed by atoms with Gasteiger partial charge in [-0.05, 0) is 46.5 Å². The van der Waals surface area contributed by atoms with Gasteiger partial charge in [0.15, 0.2) is 5.75 Å². The van der Waals surface area contributed by atoms with Gasteiger partial charge in [0.05, 0.1) is 16.6 Å². The first-order valence-electron chi connectivity index (χ1n) is 4.78. The summed E-state index contributed by atoms with van der Waals surface area (Å²) in [7, 11) is 1.55. The van der Waals surface area contributed by atoms with Crippen molar-refractivity contribution in [2.24, 2.45) is 0 Å². The molecule has 0 saturated heterocycles. The third kappa shape index (κ3) is 3.68. The van der Waals surface area contributed by atoms with Crippen LogP contribution in [0.3, 0.4) is 0 Å². The number of halogens is 2. The topological polar surface area (TPSA) is 46.5 Å². The zero-order valence-corrected chi connectivity index (χ0v) is 11.1. The smallest absolute Gasteiger partial charge is 0.303 e. The third-order valence-electron chi connectivity index (χ3n) is 2.12. The Balaban J connectivity index is 2.72. The normalized spacial score (nSPS) is 10.2. The second kappa shape index (κ2) is 6.11. The van der Waals surface area contributed by atoms with Gasteiger partial charge in [0.2, 0.25) is 0 Å². The molecule has 0 fully saturated rings. The van der Waals surface area contributed by atoms with Crippen LogP contribution in [0.25, 0.3) is 0 Å². The van der Waals surface area contributed by atoms with E-state index < -0.39 is 5.97 Å². The van der Waals surface area contributed by atoms with E-state index in [1.807, 2.05) is 6.07 Å². The Morgan fingerprint density at radius 2 is 2.25 bits per heavy atom. The number of benzene rings is 1. The molecular weight excluding hydrogens is 295 g/mol. The van der Waals surface area contributed by atoms with Crippen LogP contribution in [-0.4, -0.2) is 18.2 Å². The van der Waals surface area contributed by atoms with Crippen molar-refractivity contribution in [3.05, 3.63) is 27.2 Å². The van der Waals surface area contributed by atoms with E-state index in [1.165, 1.54) is 0 Å². The molecule has 0 aliphatic heterocycles. The first-order chi connectivity index (χ1) is 7.54. The van der Waals surface area contributed by atoms with E-state index in [0.29, 0.717) is 23.6 Å². The van der Waals surface area contributed by atoms with Crippen molar-refractivity contribution in [2.75, 3.05) is 7.11 Å². The van der Waals surface area contributed by atoms with Crippen molar-refractivity contribution in [3.8, 4) is 5.75 Å². The van der Waals surface area contributed by atoms with Gasteiger partial charge in [0.25, 0.3) is 0 Å². The van der Waals surface area contributed by atoms with E-state index in [1.54, 1.807) is 13.2 Å². The summed E-state index contributed by atoms with van der Waals surface area (Å²) in [5.41, 5.74) is 0.999. The standard InChI is InChI=1S/C11H12BrClO3/c1-16-11-8(12)5-7(6-9(11)13)3-2-4-10(14)15/h5-6H,2-4H2,1H3,(H,14,15). The number of methoxy groups -OCH3 is 1. The lowest BCUT2D eigenvalue weighted by atomic mass is 10.1. The molecule has 1 aromatic rings. The lowest BCUT2D eigenvalue weighted by Gasteiger charge is -2.08. The number of aliphatic carboxylic acids is 1. The zero-order valence-electron chi connectivity index (χ0n) is 8.80. The molecule has 1 rings (SSSR count). The van der Waals surface area contributed by atoms with Crippen molar-refractivity contribution in [1.29, 1.82) is 0 Å². The molecule has 0 unspecified atom stereocenters. The largest absolute Gasteiger partial charge is 0.494 e. The highest BCUT2D eigenvalue weighted by Gasteiger charge is 2.08. The van der Waals surface area contributed by atoms with Crippen molar-refractivity contribution in [3.63, 3.8) is 0 Å². The van der Waals surface area contributed by atoms with Crippen LogP contribution in [0.4, 0.5) is 0 Å². The van der Waals surface area contributed by atoms with Crippen LogP contribution in [0.1, 0.15) is 18.4 Å². The van der Waals surface area contributed by atoms with Crippen molar-refractivity contribution < 1.29 is 14.6 Å². The van der Waals surface area contributed by atoms with Crippen molar-refractivity contribution >= 4 is 33.5 Å². The van der Waals surface area contributed by atoms with E-state index in [4.69, 9.17) is 21.4 Å². The quantitative estimate of drug-likeness (QED) is 0.905. The number of aryl methyl sites for hydroxylation is 1. The minimum absolute atomic E-state index is 0.168. The summed E-state index contributed by atoms with van der Waals surface area (Å²) in [6.07, 6.45) is 1.46. The lowest BCUT2D eigenvalue weighted by molar-refractivity contribution is -0.137. The minimum atomic E-state index is -0.779. The third-order valence-corrected chi connectivity index (χ3v) is 2.99. The van der Waals surface area contributed by atoms with Crippen LogP contribution in [0, 0.1) is 0 Å². The molecule has 0 spiro atoms. The van der Waals surface area contributed by atoms with Crippen LogP contribution < -0.4 is 4.74 Å². The first-order valence-corrected chi connectivity index (χ1v) is 5.95. The van der Waals surface area contributed by atoms with E-state index >= 15 is 0 Å². The first kappa shape index (κ1) is 13.3. The highest BCUT2D eigenvalue weighted by molar-refractivity contribution is 9.10. The van der Waals surface area contributed by atoms with Crippen LogP contribution in [0.2, 0.25) is 5.02 Å². The van der Waals surface area contributed by atoms with Gasteiger partial charge in [-0.25, -0.2) is 0 Å². The zero-order chi connectivity index (χ0) is 12.1. The second-order valence-corrected chi connectivity index (χ2v) is 4.60. The molecule has 0 bridgehead atoms. The van der Waals surface area contributed by atoms with Crippen LogP contribution in [-0.2, 0) is 11.2 Å². The molecule has 1 N–H and O–H groups in total. The average molecular weight is 308 g/mol. The number of ether oxygens (including phenoxy) is 1. The van der Waals surface area contributed by atoms with Crippen molar-refractivity contribution in [2.45, 2.75) is 19.3 Å². The van der Waals surface area contributed by atoms with E-state index in [-0.39, 0.29) is 6.42 Å². The number of hydrogen-bond donors (Lipinski definition) is 1. The molecule has 0 saturated carbocycles. The molecule has 3 nitrogen and oxygen atoms in total. The van der Waals surface area contributed by atoms with E-state index in [0.717, 1.165) is 10.0 Å². The summed E-state index contributed by atoms with van der Waals surface area (Å²) < 4.78 is 5.89. The Hall–Kier alpha value is -0.740. The number of hydrogen-bond acceptors (Lipinski definition) is 2. The number of carboxylic acid groups (broad SMARTS) is 1. The molecule has 16 heavy (non-hydrogen) atoms.